The smallest absolute Gasteiger partial charge is 0.406 e. The maximum atomic E-state index is 12.4. The first-order valence-corrected chi connectivity index (χ1v) is 5.37. The molecule has 0 aromatic carbocycles. The molecule has 0 saturated carbocycles. The molecule has 0 bridgehead atoms. The second-order valence-corrected chi connectivity index (χ2v) is 3.58. The fourth-order valence-corrected chi connectivity index (χ4v) is 1.32. The summed E-state index contributed by atoms with van der Waals surface area (Å²) in [6, 6.07) is 3.06. The molecule has 1 rings (SSSR count). The Morgan fingerprint density at radius 1 is 1.50 bits per heavy atom. The summed E-state index contributed by atoms with van der Waals surface area (Å²) in [6.07, 6.45) is -3.11. The molecule has 102 valence electrons. The molecule has 0 aliphatic rings. The lowest BCUT2D eigenvalue weighted by atomic mass is 10.3. The predicted octanol–water partition coefficient (Wildman–Crippen LogP) is 2.21. The van der Waals surface area contributed by atoms with Crippen molar-refractivity contribution in [3.63, 3.8) is 0 Å². The molecule has 18 heavy (non-hydrogen) atoms. The lowest BCUT2D eigenvalue weighted by Crippen LogP contribution is -2.40. The minimum absolute atomic E-state index is 0.224. The van der Waals surface area contributed by atoms with E-state index < -0.39 is 18.6 Å². The zero-order valence-corrected chi connectivity index (χ0v) is 9.87. The third kappa shape index (κ3) is 5.22. The van der Waals surface area contributed by atoms with E-state index >= 15 is 0 Å². The normalized spacial score (nSPS) is 11.6. The van der Waals surface area contributed by atoms with Gasteiger partial charge >= 0.3 is 6.18 Å². The number of hydrogen-bond acceptors (Lipinski definition) is 3. The number of hydrogen-bond donors (Lipinski definition) is 0. The first-order valence-electron chi connectivity index (χ1n) is 5.37. The van der Waals surface area contributed by atoms with Crippen LogP contribution in [0, 0.1) is 0 Å². The van der Waals surface area contributed by atoms with E-state index in [2.05, 4.69) is 0 Å². The monoisotopic (exact) mass is 265 g/mol. The van der Waals surface area contributed by atoms with Gasteiger partial charge < -0.3 is 14.1 Å². The Kier molecular flexibility index (Phi) is 5.21. The average molecular weight is 265 g/mol. The van der Waals surface area contributed by atoms with E-state index in [1.807, 2.05) is 0 Å². The maximum Gasteiger partial charge on any atom is 0.406 e. The second kappa shape index (κ2) is 6.44. The topological polar surface area (TPSA) is 42.7 Å². The Labute approximate surface area is 102 Å². The summed E-state index contributed by atoms with van der Waals surface area (Å²) in [5.74, 6) is -0.422. The van der Waals surface area contributed by atoms with Gasteiger partial charge in [0.2, 0.25) is 5.91 Å². The van der Waals surface area contributed by atoms with E-state index in [0.29, 0.717) is 10.7 Å². The van der Waals surface area contributed by atoms with Gasteiger partial charge in [0.15, 0.2) is 0 Å². The summed E-state index contributed by atoms with van der Waals surface area (Å²) in [5.41, 5.74) is 0. The first kappa shape index (κ1) is 14.6. The molecular weight excluding hydrogens is 251 g/mol. The van der Waals surface area contributed by atoms with Crippen LogP contribution in [0.2, 0.25) is 0 Å². The minimum atomic E-state index is -4.45. The van der Waals surface area contributed by atoms with Crippen molar-refractivity contribution < 1.29 is 27.1 Å². The van der Waals surface area contributed by atoms with Gasteiger partial charge in [-0.25, -0.2) is 0 Å². The molecule has 1 aromatic rings. The Morgan fingerprint density at radius 3 is 2.72 bits per heavy atom. The molecule has 0 radical (unpaired) electrons. The molecule has 7 heteroatoms. The Bertz CT molecular complexity index is 362. The van der Waals surface area contributed by atoms with Gasteiger partial charge in [0.1, 0.15) is 18.9 Å². The molecule has 0 atom stereocenters. The molecule has 4 nitrogen and oxygen atoms in total. The van der Waals surface area contributed by atoms with Crippen LogP contribution in [-0.4, -0.2) is 36.7 Å². The maximum absolute atomic E-state index is 12.4. The van der Waals surface area contributed by atoms with Crippen LogP contribution in [0.5, 0.6) is 0 Å². The highest BCUT2D eigenvalue weighted by atomic mass is 19.4. The standard InChI is InChI=1S/C11H14F3NO3/c1-2-17-7-10(16)15(8-11(12,13)14)6-9-4-3-5-18-9/h3-5H,2,6-8H2,1H3. The first-order chi connectivity index (χ1) is 8.42. The van der Waals surface area contributed by atoms with Gasteiger partial charge in [-0.2, -0.15) is 13.2 Å². The Balaban J connectivity index is 2.65. The van der Waals surface area contributed by atoms with Crippen LogP contribution in [0.15, 0.2) is 22.8 Å². The Morgan fingerprint density at radius 2 is 2.22 bits per heavy atom. The lowest BCUT2D eigenvalue weighted by Gasteiger charge is -2.22. The van der Waals surface area contributed by atoms with Gasteiger partial charge in [-0.3, -0.25) is 4.79 Å². The molecule has 0 aliphatic carbocycles. The van der Waals surface area contributed by atoms with E-state index in [0.717, 1.165) is 0 Å². The molecule has 0 saturated heterocycles. The number of carbonyl (C=O) groups excluding carboxylic acids is 1. The van der Waals surface area contributed by atoms with Gasteiger partial charge in [0.05, 0.1) is 12.8 Å². The number of amides is 1. The van der Waals surface area contributed by atoms with E-state index in [1.54, 1.807) is 13.0 Å². The summed E-state index contributed by atoms with van der Waals surface area (Å²) >= 11 is 0. The van der Waals surface area contributed by atoms with Crippen molar-refractivity contribution in [3.05, 3.63) is 24.2 Å². The highest BCUT2D eigenvalue weighted by Gasteiger charge is 2.33. The number of nitrogens with zero attached hydrogens (tertiary/aromatic N) is 1. The molecule has 0 spiro atoms. The summed E-state index contributed by atoms with van der Waals surface area (Å²) in [6.45, 7) is 0.0194. The van der Waals surface area contributed by atoms with E-state index in [9.17, 15) is 18.0 Å². The van der Waals surface area contributed by atoms with Crippen LogP contribution in [0.4, 0.5) is 13.2 Å². The van der Waals surface area contributed by atoms with Crippen molar-refractivity contribution in [3.8, 4) is 0 Å². The van der Waals surface area contributed by atoms with Crippen LogP contribution < -0.4 is 0 Å². The zero-order chi connectivity index (χ0) is 13.6. The van der Waals surface area contributed by atoms with Crippen LogP contribution in [-0.2, 0) is 16.1 Å². The molecule has 1 aromatic heterocycles. The third-order valence-electron chi connectivity index (χ3n) is 2.08. The van der Waals surface area contributed by atoms with Crippen LogP contribution in [0.25, 0.3) is 0 Å². The fourth-order valence-electron chi connectivity index (χ4n) is 1.32. The van der Waals surface area contributed by atoms with Crippen LogP contribution >= 0.6 is 0 Å². The van der Waals surface area contributed by atoms with Crippen molar-refractivity contribution in [1.29, 1.82) is 0 Å². The van der Waals surface area contributed by atoms with Gasteiger partial charge in [-0.15, -0.1) is 0 Å². The quantitative estimate of drug-likeness (QED) is 0.792. The van der Waals surface area contributed by atoms with Gasteiger partial charge in [0, 0.05) is 6.61 Å². The average Bonchev–Trinajstić information content (AvgIpc) is 2.75. The number of ether oxygens (including phenoxy) is 1. The Hall–Kier alpha value is -1.50. The van der Waals surface area contributed by atoms with Crippen molar-refractivity contribution in [1.82, 2.24) is 4.90 Å². The van der Waals surface area contributed by atoms with Crippen LogP contribution in [0.3, 0.4) is 0 Å². The number of rotatable bonds is 6. The molecule has 0 aliphatic heterocycles. The van der Waals surface area contributed by atoms with E-state index in [4.69, 9.17) is 9.15 Å². The van der Waals surface area contributed by atoms with Gasteiger partial charge in [-0.1, -0.05) is 0 Å². The highest BCUT2D eigenvalue weighted by Crippen LogP contribution is 2.18. The predicted molar refractivity (Wildman–Crippen MR) is 56.7 cm³/mol. The summed E-state index contributed by atoms with van der Waals surface area (Å²) in [7, 11) is 0. The van der Waals surface area contributed by atoms with Gasteiger partial charge in [0.25, 0.3) is 0 Å². The summed E-state index contributed by atoms with van der Waals surface area (Å²) in [5, 5.41) is 0. The molecule has 0 N–H and O–H groups in total. The molecular formula is C11H14F3NO3. The lowest BCUT2D eigenvalue weighted by molar-refractivity contribution is -0.165. The molecule has 0 fully saturated rings. The summed E-state index contributed by atoms with van der Waals surface area (Å²) in [4.78, 5) is 12.2. The highest BCUT2D eigenvalue weighted by molar-refractivity contribution is 5.77. The fraction of sp³-hybridized carbons (Fsp3) is 0.545. The van der Waals surface area contributed by atoms with E-state index in [-0.39, 0.29) is 19.8 Å². The number of alkyl halides is 3. The van der Waals surface area contributed by atoms with Crippen molar-refractivity contribution in [2.45, 2.75) is 19.6 Å². The minimum Gasteiger partial charge on any atom is -0.467 e. The largest absolute Gasteiger partial charge is 0.467 e. The van der Waals surface area contributed by atoms with Crippen molar-refractivity contribution in [2.24, 2.45) is 0 Å². The second-order valence-electron chi connectivity index (χ2n) is 3.58. The van der Waals surface area contributed by atoms with Crippen LogP contribution in [0.1, 0.15) is 12.7 Å². The number of furan rings is 1. The van der Waals surface area contributed by atoms with Crippen molar-refractivity contribution >= 4 is 5.91 Å². The zero-order valence-electron chi connectivity index (χ0n) is 9.87. The molecule has 1 heterocycles. The van der Waals surface area contributed by atoms with E-state index in [1.165, 1.54) is 12.3 Å². The number of carbonyl (C=O) groups is 1. The number of halogens is 3. The summed E-state index contributed by atoms with van der Waals surface area (Å²) < 4.78 is 46.8. The third-order valence-corrected chi connectivity index (χ3v) is 2.08. The van der Waals surface area contributed by atoms with Crippen molar-refractivity contribution in [2.75, 3.05) is 19.8 Å². The van der Waals surface area contributed by atoms with Gasteiger partial charge in [-0.05, 0) is 19.1 Å². The molecule has 0 unspecified atom stereocenters. The SMILES string of the molecule is CCOCC(=O)N(Cc1ccco1)CC(F)(F)F. The molecule has 1 amide bonds.